The topological polar surface area (TPSA) is 65.4 Å². The number of aryl methyl sites for hydroxylation is 1. The van der Waals surface area contributed by atoms with Gasteiger partial charge in [-0.1, -0.05) is 29.3 Å². The molecular formula is C21H19Cl2N3O2. The first-order valence-electron chi connectivity index (χ1n) is 8.79. The lowest BCUT2D eigenvalue weighted by atomic mass is 10.0. The molecule has 1 N–H and O–H groups in total. The van der Waals surface area contributed by atoms with Crippen molar-refractivity contribution >= 4 is 46.6 Å². The van der Waals surface area contributed by atoms with Crippen LogP contribution in [-0.4, -0.2) is 32.2 Å². The minimum absolute atomic E-state index is 0.00626. The van der Waals surface area contributed by atoms with E-state index in [0.29, 0.717) is 28.9 Å². The molecule has 0 aliphatic carbocycles. The molecule has 5 nitrogen and oxygen atoms in total. The second-order valence-corrected chi connectivity index (χ2v) is 7.23. The highest BCUT2D eigenvalue weighted by atomic mass is 35.5. The van der Waals surface area contributed by atoms with Crippen LogP contribution in [0.5, 0.6) is 0 Å². The van der Waals surface area contributed by atoms with E-state index in [1.54, 1.807) is 18.2 Å². The van der Waals surface area contributed by atoms with Gasteiger partial charge in [-0.25, -0.2) is 0 Å². The van der Waals surface area contributed by atoms with Crippen LogP contribution in [0.3, 0.4) is 0 Å². The maximum Gasteiger partial charge on any atom is 0.266 e. The Morgan fingerprint density at radius 1 is 1.21 bits per heavy atom. The molecule has 0 unspecified atom stereocenters. The molecule has 1 amide bonds. The molecule has 7 heteroatoms. The molecule has 0 spiro atoms. The number of ether oxygens (including phenoxy) is 1. The summed E-state index contributed by atoms with van der Waals surface area (Å²) in [6, 6.07) is 12.7. The van der Waals surface area contributed by atoms with Crippen LogP contribution in [-0.2, 0) is 9.53 Å². The number of carbonyl (C=O) groups is 1. The smallest absolute Gasteiger partial charge is 0.266 e. The van der Waals surface area contributed by atoms with E-state index in [4.69, 9.17) is 27.9 Å². The van der Waals surface area contributed by atoms with Crippen LogP contribution in [0.15, 0.2) is 42.0 Å². The largest absolute Gasteiger partial charge is 0.378 e. The normalized spacial score (nSPS) is 14.5. The van der Waals surface area contributed by atoms with Crippen LogP contribution in [0.25, 0.3) is 6.08 Å². The highest BCUT2D eigenvalue weighted by Gasteiger charge is 2.14. The Bertz CT molecular complexity index is 961. The third kappa shape index (κ3) is 4.85. The van der Waals surface area contributed by atoms with Gasteiger partial charge in [-0.3, -0.25) is 4.79 Å². The van der Waals surface area contributed by atoms with E-state index in [9.17, 15) is 10.1 Å². The Labute approximate surface area is 174 Å². The number of nitriles is 1. The van der Waals surface area contributed by atoms with Crippen LogP contribution in [0.2, 0.25) is 10.0 Å². The van der Waals surface area contributed by atoms with Gasteiger partial charge in [0.15, 0.2) is 0 Å². The molecule has 3 rings (SSSR count). The Morgan fingerprint density at radius 2 is 1.96 bits per heavy atom. The van der Waals surface area contributed by atoms with E-state index in [1.165, 1.54) is 6.07 Å². The Hall–Kier alpha value is -2.52. The number of nitrogens with zero attached hydrogens (tertiary/aromatic N) is 2. The lowest BCUT2D eigenvalue weighted by Gasteiger charge is -2.29. The summed E-state index contributed by atoms with van der Waals surface area (Å²) < 4.78 is 5.38. The van der Waals surface area contributed by atoms with Gasteiger partial charge in [0.1, 0.15) is 11.6 Å². The fourth-order valence-electron chi connectivity index (χ4n) is 2.92. The van der Waals surface area contributed by atoms with Gasteiger partial charge in [0.2, 0.25) is 0 Å². The third-order valence-electron chi connectivity index (χ3n) is 4.47. The second-order valence-electron chi connectivity index (χ2n) is 6.39. The average molecular weight is 416 g/mol. The van der Waals surface area contributed by atoms with Crippen molar-refractivity contribution in [2.24, 2.45) is 0 Å². The summed E-state index contributed by atoms with van der Waals surface area (Å²) in [5.41, 5.74) is 3.29. The molecule has 0 bridgehead atoms. The summed E-state index contributed by atoms with van der Waals surface area (Å²) in [4.78, 5) is 14.7. The summed E-state index contributed by atoms with van der Waals surface area (Å²) in [5, 5.41) is 12.9. The van der Waals surface area contributed by atoms with Crippen molar-refractivity contribution in [1.82, 2.24) is 0 Å². The number of nitrogens with one attached hydrogen (secondary N) is 1. The van der Waals surface area contributed by atoms with E-state index < -0.39 is 5.91 Å². The third-order valence-corrected chi connectivity index (χ3v) is 5.02. The molecule has 0 aromatic heterocycles. The van der Waals surface area contributed by atoms with Crippen molar-refractivity contribution in [3.63, 3.8) is 0 Å². The zero-order valence-corrected chi connectivity index (χ0v) is 16.8. The highest BCUT2D eigenvalue weighted by Crippen LogP contribution is 2.26. The Balaban J connectivity index is 1.79. The van der Waals surface area contributed by atoms with Crippen LogP contribution in [0.1, 0.15) is 11.1 Å². The number of anilines is 2. The van der Waals surface area contributed by atoms with Crippen molar-refractivity contribution in [3.05, 3.63) is 63.1 Å². The van der Waals surface area contributed by atoms with Gasteiger partial charge in [-0.2, -0.15) is 5.26 Å². The number of benzene rings is 2. The predicted molar refractivity (Wildman–Crippen MR) is 113 cm³/mol. The van der Waals surface area contributed by atoms with Crippen molar-refractivity contribution in [1.29, 1.82) is 5.26 Å². The predicted octanol–water partition coefficient (Wildman–Crippen LogP) is 4.68. The molecule has 0 radical (unpaired) electrons. The summed E-state index contributed by atoms with van der Waals surface area (Å²) in [6.07, 6.45) is 1.58. The summed E-state index contributed by atoms with van der Waals surface area (Å²) in [5.74, 6) is -0.525. The Kier molecular flexibility index (Phi) is 6.58. The van der Waals surface area contributed by atoms with Crippen LogP contribution >= 0.6 is 23.2 Å². The van der Waals surface area contributed by atoms with Gasteiger partial charge >= 0.3 is 0 Å². The molecule has 0 atom stereocenters. The number of morpholine rings is 1. The second kappa shape index (κ2) is 9.11. The summed E-state index contributed by atoms with van der Waals surface area (Å²) >= 11 is 11.9. The van der Waals surface area contributed by atoms with E-state index in [-0.39, 0.29) is 5.57 Å². The van der Waals surface area contributed by atoms with Gasteiger partial charge in [0.05, 0.1) is 23.9 Å². The average Bonchev–Trinajstić information content (AvgIpc) is 2.69. The lowest BCUT2D eigenvalue weighted by molar-refractivity contribution is -0.112. The maximum absolute atomic E-state index is 12.5. The molecule has 28 heavy (non-hydrogen) atoms. The van der Waals surface area contributed by atoms with Gasteiger partial charge in [-0.05, 0) is 54.5 Å². The molecule has 1 aliphatic rings. The number of hydrogen-bond donors (Lipinski definition) is 1. The number of halogens is 2. The summed E-state index contributed by atoms with van der Waals surface area (Å²) in [7, 11) is 0. The van der Waals surface area contributed by atoms with Crippen molar-refractivity contribution in [2.45, 2.75) is 6.92 Å². The molecular weight excluding hydrogens is 397 g/mol. The maximum atomic E-state index is 12.5. The van der Waals surface area contributed by atoms with Crippen molar-refractivity contribution in [2.75, 3.05) is 36.5 Å². The molecule has 144 valence electrons. The fourth-order valence-corrected chi connectivity index (χ4v) is 3.38. The first-order valence-corrected chi connectivity index (χ1v) is 9.55. The molecule has 1 saturated heterocycles. The molecule has 1 heterocycles. The number of rotatable bonds is 4. The molecule has 0 saturated carbocycles. The van der Waals surface area contributed by atoms with Gasteiger partial charge in [-0.15, -0.1) is 0 Å². The number of carbonyl (C=O) groups excluding carboxylic acids is 1. The van der Waals surface area contributed by atoms with E-state index in [0.717, 1.165) is 29.9 Å². The van der Waals surface area contributed by atoms with Gasteiger partial charge < -0.3 is 15.0 Å². The van der Waals surface area contributed by atoms with E-state index >= 15 is 0 Å². The van der Waals surface area contributed by atoms with E-state index in [2.05, 4.69) is 16.3 Å². The van der Waals surface area contributed by atoms with E-state index in [1.807, 2.05) is 25.1 Å². The Morgan fingerprint density at radius 3 is 2.61 bits per heavy atom. The summed E-state index contributed by atoms with van der Waals surface area (Å²) in [6.45, 7) is 5.09. The minimum Gasteiger partial charge on any atom is -0.378 e. The monoisotopic (exact) mass is 415 g/mol. The first-order chi connectivity index (χ1) is 13.5. The first kappa shape index (κ1) is 20.2. The van der Waals surface area contributed by atoms with Crippen molar-refractivity contribution in [3.8, 4) is 6.07 Å². The standard InChI is InChI=1S/C21H19Cl2N3O2/c1-14-10-18(26-6-8-28-9-7-26)4-2-15(14)11-16(13-24)21(27)25-20-5-3-17(22)12-19(20)23/h2-5,10-12H,6-9H2,1H3,(H,25,27)/b16-11-. The number of hydrogen-bond acceptors (Lipinski definition) is 4. The SMILES string of the molecule is Cc1cc(N2CCOCC2)ccc1/C=C(/C#N)C(=O)Nc1ccc(Cl)cc1Cl. The zero-order valence-electron chi connectivity index (χ0n) is 15.3. The number of amides is 1. The van der Waals surface area contributed by atoms with Gasteiger partial charge in [0, 0.05) is 23.8 Å². The minimum atomic E-state index is -0.525. The lowest BCUT2D eigenvalue weighted by Crippen LogP contribution is -2.36. The fraction of sp³-hybridized carbons (Fsp3) is 0.238. The molecule has 2 aromatic carbocycles. The zero-order chi connectivity index (χ0) is 20.1. The van der Waals surface area contributed by atoms with Crippen molar-refractivity contribution < 1.29 is 9.53 Å². The molecule has 1 aliphatic heterocycles. The van der Waals surface area contributed by atoms with Crippen LogP contribution in [0.4, 0.5) is 11.4 Å². The highest BCUT2D eigenvalue weighted by molar-refractivity contribution is 6.36. The van der Waals surface area contributed by atoms with Crippen LogP contribution in [0, 0.1) is 18.3 Å². The molecule has 1 fully saturated rings. The van der Waals surface area contributed by atoms with Gasteiger partial charge in [0.25, 0.3) is 5.91 Å². The van der Waals surface area contributed by atoms with Crippen LogP contribution < -0.4 is 10.2 Å². The molecule has 2 aromatic rings. The quantitative estimate of drug-likeness (QED) is 0.581.